The average Bonchev–Trinajstić information content (AvgIpc) is 2.82. The molecule has 3 N–H and O–H groups in total. The Kier molecular flexibility index (Phi) is 4.23. The fraction of sp³-hybridized carbons (Fsp3) is 0.818. The molecule has 0 aliphatic carbocycles. The molecule has 0 radical (unpaired) electrons. The quantitative estimate of drug-likeness (QED) is 0.547. The summed E-state index contributed by atoms with van der Waals surface area (Å²) < 4.78 is 10.2. The van der Waals surface area contributed by atoms with Crippen LogP contribution in [0.4, 0.5) is 4.79 Å². The average molecular weight is 274 g/mol. The monoisotopic (exact) mass is 274 g/mol. The molecule has 0 saturated carbocycles. The number of hydrogen-bond acceptors (Lipinski definition) is 6. The third-order valence-corrected chi connectivity index (χ3v) is 3.40. The van der Waals surface area contributed by atoms with Crippen LogP contribution in [0.3, 0.4) is 0 Å². The van der Waals surface area contributed by atoms with Crippen LogP contribution in [-0.2, 0) is 14.3 Å². The summed E-state index contributed by atoms with van der Waals surface area (Å²) in [6.45, 7) is 0.0609. The number of carbonyl (C=O) groups is 2. The number of aliphatic hydroxyl groups excluding tert-OH is 2. The fourth-order valence-corrected chi connectivity index (χ4v) is 2.42. The van der Waals surface area contributed by atoms with E-state index in [9.17, 15) is 14.7 Å². The summed E-state index contributed by atoms with van der Waals surface area (Å²) in [5.74, 6) is -1.09. The maximum absolute atomic E-state index is 11.8. The molecule has 8 heteroatoms. The van der Waals surface area contributed by atoms with Crippen LogP contribution in [0, 0.1) is 5.92 Å². The third kappa shape index (κ3) is 2.80. The SMILES string of the molecule is COC(=O)C1CC(CO)OC1N1CCC(O)NC1=O. The molecule has 8 nitrogen and oxygen atoms in total. The van der Waals surface area contributed by atoms with Crippen LogP contribution in [0.5, 0.6) is 0 Å². The Labute approximate surface area is 110 Å². The summed E-state index contributed by atoms with van der Waals surface area (Å²) in [5, 5.41) is 20.8. The van der Waals surface area contributed by atoms with Gasteiger partial charge in [0.1, 0.15) is 18.4 Å². The van der Waals surface area contributed by atoms with Crippen molar-refractivity contribution in [1.29, 1.82) is 0 Å². The van der Waals surface area contributed by atoms with Crippen LogP contribution < -0.4 is 5.32 Å². The fourth-order valence-electron chi connectivity index (χ4n) is 2.42. The number of methoxy groups -OCH3 is 1. The van der Waals surface area contributed by atoms with Gasteiger partial charge in [0.2, 0.25) is 0 Å². The van der Waals surface area contributed by atoms with Crippen molar-refractivity contribution < 1.29 is 29.3 Å². The Hall–Kier alpha value is -1.38. The van der Waals surface area contributed by atoms with Crippen LogP contribution in [0.25, 0.3) is 0 Å². The predicted molar refractivity (Wildman–Crippen MR) is 61.7 cm³/mol. The second-order valence-electron chi connectivity index (χ2n) is 4.64. The molecule has 2 rings (SSSR count). The van der Waals surface area contributed by atoms with Crippen molar-refractivity contribution in [2.75, 3.05) is 20.3 Å². The zero-order valence-electron chi connectivity index (χ0n) is 10.6. The smallest absolute Gasteiger partial charge is 0.321 e. The van der Waals surface area contributed by atoms with Gasteiger partial charge in [-0.15, -0.1) is 0 Å². The first-order valence-electron chi connectivity index (χ1n) is 6.16. The van der Waals surface area contributed by atoms with Gasteiger partial charge in [-0.2, -0.15) is 0 Å². The highest BCUT2D eigenvalue weighted by Gasteiger charge is 2.46. The zero-order valence-corrected chi connectivity index (χ0v) is 10.6. The van der Waals surface area contributed by atoms with Gasteiger partial charge in [-0.1, -0.05) is 0 Å². The van der Waals surface area contributed by atoms with Crippen molar-refractivity contribution in [3.05, 3.63) is 0 Å². The number of rotatable bonds is 3. The van der Waals surface area contributed by atoms with Gasteiger partial charge >= 0.3 is 12.0 Å². The van der Waals surface area contributed by atoms with E-state index >= 15 is 0 Å². The van der Waals surface area contributed by atoms with Crippen LogP contribution in [0.2, 0.25) is 0 Å². The van der Waals surface area contributed by atoms with Crippen molar-refractivity contribution in [3.8, 4) is 0 Å². The number of esters is 1. The van der Waals surface area contributed by atoms with Crippen molar-refractivity contribution in [3.63, 3.8) is 0 Å². The van der Waals surface area contributed by atoms with Crippen LogP contribution in [0.1, 0.15) is 12.8 Å². The predicted octanol–water partition coefficient (Wildman–Crippen LogP) is -1.38. The Morgan fingerprint density at radius 2 is 2.37 bits per heavy atom. The highest BCUT2D eigenvalue weighted by Crippen LogP contribution is 2.31. The minimum absolute atomic E-state index is 0.220. The molecule has 2 fully saturated rings. The van der Waals surface area contributed by atoms with Crippen molar-refractivity contribution >= 4 is 12.0 Å². The molecular formula is C11H18N2O6. The largest absolute Gasteiger partial charge is 0.469 e. The molecule has 4 unspecified atom stereocenters. The maximum Gasteiger partial charge on any atom is 0.321 e. The Bertz CT molecular complexity index is 363. The lowest BCUT2D eigenvalue weighted by atomic mass is 10.0. The first-order valence-corrected chi connectivity index (χ1v) is 6.16. The van der Waals surface area contributed by atoms with E-state index in [-0.39, 0.29) is 13.2 Å². The topological polar surface area (TPSA) is 108 Å². The van der Waals surface area contributed by atoms with Gasteiger partial charge in [-0.05, 0) is 6.42 Å². The second kappa shape index (κ2) is 5.72. The molecule has 4 atom stereocenters. The van der Waals surface area contributed by atoms with Gasteiger partial charge in [-0.25, -0.2) is 4.79 Å². The number of carbonyl (C=O) groups excluding carboxylic acids is 2. The van der Waals surface area contributed by atoms with Gasteiger partial charge < -0.3 is 25.0 Å². The standard InChI is InChI=1S/C11H18N2O6/c1-18-10(16)7-4-6(5-14)19-9(7)13-3-2-8(15)12-11(13)17/h6-9,14-15H,2-5H2,1H3,(H,12,17). The molecule has 0 spiro atoms. The van der Waals surface area contributed by atoms with E-state index in [2.05, 4.69) is 5.32 Å². The van der Waals surface area contributed by atoms with Crippen molar-refractivity contribution in [2.45, 2.75) is 31.4 Å². The highest BCUT2D eigenvalue weighted by atomic mass is 16.5. The molecule has 2 aliphatic heterocycles. The lowest BCUT2D eigenvalue weighted by Crippen LogP contribution is -2.57. The van der Waals surface area contributed by atoms with Gasteiger partial charge in [0.25, 0.3) is 0 Å². The van der Waals surface area contributed by atoms with E-state index in [1.165, 1.54) is 12.0 Å². The lowest BCUT2D eigenvalue weighted by molar-refractivity contribution is -0.151. The maximum atomic E-state index is 11.8. The van der Waals surface area contributed by atoms with Crippen molar-refractivity contribution in [2.24, 2.45) is 5.92 Å². The molecule has 2 heterocycles. The zero-order chi connectivity index (χ0) is 14.0. The summed E-state index contributed by atoms with van der Waals surface area (Å²) >= 11 is 0. The number of hydrogen-bond donors (Lipinski definition) is 3. The number of nitrogens with one attached hydrogen (secondary N) is 1. The van der Waals surface area contributed by atoms with Crippen LogP contribution in [0.15, 0.2) is 0 Å². The van der Waals surface area contributed by atoms with Gasteiger partial charge in [-0.3, -0.25) is 9.69 Å². The Morgan fingerprint density at radius 1 is 1.63 bits per heavy atom. The minimum Gasteiger partial charge on any atom is -0.469 e. The van der Waals surface area contributed by atoms with Crippen molar-refractivity contribution in [1.82, 2.24) is 10.2 Å². The van der Waals surface area contributed by atoms with E-state index in [0.717, 1.165) is 0 Å². The van der Waals surface area contributed by atoms with E-state index < -0.39 is 36.5 Å². The Morgan fingerprint density at radius 3 is 2.95 bits per heavy atom. The number of amides is 2. The third-order valence-electron chi connectivity index (χ3n) is 3.40. The molecule has 2 aliphatic rings. The van der Waals surface area contributed by atoms with Gasteiger partial charge in [0.05, 0.1) is 19.8 Å². The van der Waals surface area contributed by atoms with E-state index in [1.54, 1.807) is 0 Å². The summed E-state index contributed by atoms with van der Waals surface area (Å²) in [5.41, 5.74) is 0. The van der Waals surface area contributed by atoms with Crippen LogP contribution >= 0.6 is 0 Å². The molecule has 108 valence electrons. The summed E-state index contributed by atoms with van der Waals surface area (Å²) in [4.78, 5) is 24.9. The number of aliphatic hydroxyl groups is 2. The molecule has 0 aromatic rings. The first-order chi connectivity index (χ1) is 9.06. The highest BCUT2D eigenvalue weighted by molar-refractivity contribution is 5.78. The van der Waals surface area contributed by atoms with Crippen LogP contribution in [-0.4, -0.2) is 65.9 Å². The molecule has 0 aromatic heterocycles. The van der Waals surface area contributed by atoms with Gasteiger partial charge in [0, 0.05) is 13.0 Å². The van der Waals surface area contributed by atoms with E-state index in [0.29, 0.717) is 12.8 Å². The van der Waals surface area contributed by atoms with E-state index in [1.807, 2.05) is 0 Å². The molecule has 2 amide bonds. The summed E-state index contributed by atoms with van der Waals surface area (Å²) in [6, 6.07) is -0.490. The number of nitrogens with zero attached hydrogens (tertiary/aromatic N) is 1. The molecular weight excluding hydrogens is 256 g/mol. The minimum atomic E-state index is -0.879. The first kappa shape index (κ1) is 14.0. The lowest BCUT2D eigenvalue weighted by Gasteiger charge is -2.36. The van der Waals surface area contributed by atoms with Gasteiger partial charge in [0.15, 0.2) is 0 Å². The van der Waals surface area contributed by atoms with E-state index in [4.69, 9.17) is 14.6 Å². The molecule has 19 heavy (non-hydrogen) atoms. The molecule has 0 aromatic carbocycles. The number of ether oxygens (including phenoxy) is 2. The summed E-state index contributed by atoms with van der Waals surface area (Å²) in [6.07, 6.45) is -1.48. The normalized spacial score (nSPS) is 35.1. The molecule has 0 bridgehead atoms. The summed E-state index contributed by atoms with van der Waals surface area (Å²) in [7, 11) is 1.27. The Balaban J connectivity index is 2.11. The molecule has 2 saturated heterocycles. The number of urea groups is 1. The second-order valence-corrected chi connectivity index (χ2v) is 4.64.